The van der Waals surface area contributed by atoms with Crippen molar-refractivity contribution < 1.29 is 13.5 Å². The lowest BCUT2D eigenvalue weighted by molar-refractivity contribution is 0.404. The molecule has 0 spiro atoms. The number of ether oxygens (including phenoxy) is 1. The molecule has 0 aliphatic carbocycles. The molecule has 0 amide bonds. The van der Waals surface area contributed by atoms with E-state index in [4.69, 9.17) is 4.74 Å². The average molecular weight is 292 g/mol. The van der Waals surface area contributed by atoms with Gasteiger partial charge in [0, 0.05) is 24.3 Å². The highest BCUT2D eigenvalue weighted by molar-refractivity contribution is 5.30. The SMILES string of the molecule is CC(C)(C)NCc1ccc(Oc2cccc(F)c2F)nc1. The predicted molar refractivity (Wildman–Crippen MR) is 77.3 cm³/mol. The van der Waals surface area contributed by atoms with E-state index >= 15 is 0 Å². The minimum atomic E-state index is -1.02. The first-order chi connectivity index (χ1) is 9.85. The van der Waals surface area contributed by atoms with Gasteiger partial charge in [0.2, 0.25) is 11.7 Å². The third-order valence-electron chi connectivity index (χ3n) is 2.75. The lowest BCUT2D eigenvalue weighted by Crippen LogP contribution is -2.35. The lowest BCUT2D eigenvalue weighted by Gasteiger charge is -2.20. The first-order valence-corrected chi connectivity index (χ1v) is 6.67. The van der Waals surface area contributed by atoms with Crippen LogP contribution in [0.4, 0.5) is 8.78 Å². The van der Waals surface area contributed by atoms with Gasteiger partial charge in [0.1, 0.15) is 0 Å². The fourth-order valence-corrected chi connectivity index (χ4v) is 1.62. The molecule has 0 atom stereocenters. The third-order valence-corrected chi connectivity index (χ3v) is 2.75. The maximum atomic E-state index is 13.5. The largest absolute Gasteiger partial charge is 0.436 e. The van der Waals surface area contributed by atoms with Crippen molar-refractivity contribution in [2.45, 2.75) is 32.9 Å². The Balaban J connectivity index is 2.04. The number of benzene rings is 1. The second-order valence-corrected chi connectivity index (χ2v) is 5.76. The number of hydrogen-bond acceptors (Lipinski definition) is 3. The minimum absolute atomic E-state index is 0.0138. The predicted octanol–water partition coefficient (Wildman–Crippen LogP) is 4.04. The number of nitrogens with zero attached hydrogens (tertiary/aromatic N) is 1. The van der Waals surface area contributed by atoms with Gasteiger partial charge in [-0.05, 0) is 38.5 Å². The van der Waals surface area contributed by atoms with Crippen molar-refractivity contribution in [3.63, 3.8) is 0 Å². The Morgan fingerprint density at radius 2 is 1.90 bits per heavy atom. The highest BCUT2D eigenvalue weighted by Gasteiger charge is 2.11. The third kappa shape index (κ3) is 4.49. The van der Waals surface area contributed by atoms with E-state index in [1.54, 1.807) is 12.3 Å². The van der Waals surface area contributed by atoms with Crippen molar-refractivity contribution in [2.24, 2.45) is 0 Å². The Hall–Kier alpha value is -2.01. The monoisotopic (exact) mass is 292 g/mol. The molecule has 1 heterocycles. The lowest BCUT2D eigenvalue weighted by atomic mass is 10.1. The molecule has 0 fully saturated rings. The van der Waals surface area contributed by atoms with E-state index < -0.39 is 11.6 Å². The molecule has 3 nitrogen and oxygen atoms in total. The van der Waals surface area contributed by atoms with Gasteiger partial charge in [0.15, 0.2) is 11.6 Å². The molecule has 0 saturated heterocycles. The summed E-state index contributed by atoms with van der Waals surface area (Å²) < 4.78 is 31.8. The van der Waals surface area contributed by atoms with E-state index in [9.17, 15) is 8.78 Å². The van der Waals surface area contributed by atoms with Crippen LogP contribution in [-0.2, 0) is 6.54 Å². The van der Waals surface area contributed by atoms with Gasteiger partial charge in [-0.2, -0.15) is 4.39 Å². The molecule has 0 unspecified atom stereocenters. The summed E-state index contributed by atoms with van der Waals surface area (Å²) in [6.07, 6.45) is 1.64. The molecule has 1 N–H and O–H groups in total. The zero-order chi connectivity index (χ0) is 15.5. The molecule has 2 rings (SSSR count). The molecule has 1 aromatic heterocycles. The average Bonchev–Trinajstić information content (AvgIpc) is 2.42. The molecule has 1 aromatic carbocycles. The van der Waals surface area contributed by atoms with Crippen molar-refractivity contribution in [1.29, 1.82) is 0 Å². The van der Waals surface area contributed by atoms with Crippen LogP contribution in [0.5, 0.6) is 11.6 Å². The zero-order valence-electron chi connectivity index (χ0n) is 12.3. The molecule has 5 heteroatoms. The van der Waals surface area contributed by atoms with Gasteiger partial charge in [-0.1, -0.05) is 12.1 Å². The summed E-state index contributed by atoms with van der Waals surface area (Å²) in [4.78, 5) is 4.09. The highest BCUT2D eigenvalue weighted by atomic mass is 19.2. The molecule has 0 bridgehead atoms. The first-order valence-electron chi connectivity index (χ1n) is 6.67. The van der Waals surface area contributed by atoms with Crippen molar-refractivity contribution in [3.05, 3.63) is 53.7 Å². The van der Waals surface area contributed by atoms with E-state index in [0.717, 1.165) is 11.6 Å². The van der Waals surface area contributed by atoms with E-state index in [1.165, 1.54) is 12.1 Å². The quantitative estimate of drug-likeness (QED) is 0.923. The number of rotatable bonds is 4. The van der Waals surface area contributed by atoms with Gasteiger partial charge in [-0.25, -0.2) is 9.37 Å². The number of pyridine rings is 1. The van der Waals surface area contributed by atoms with Crippen LogP contribution < -0.4 is 10.1 Å². The van der Waals surface area contributed by atoms with Gasteiger partial charge in [0.05, 0.1) is 0 Å². The second kappa shape index (κ2) is 6.18. The van der Waals surface area contributed by atoms with Crippen LogP contribution in [0.2, 0.25) is 0 Å². The fourth-order valence-electron chi connectivity index (χ4n) is 1.62. The molecular formula is C16H18F2N2O. The van der Waals surface area contributed by atoms with E-state index in [2.05, 4.69) is 31.1 Å². The maximum absolute atomic E-state index is 13.5. The Morgan fingerprint density at radius 1 is 1.14 bits per heavy atom. The molecule has 0 aliphatic rings. The van der Waals surface area contributed by atoms with E-state index in [1.807, 2.05) is 6.07 Å². The molecular weight excluding hydrogens is 274 g/mol. The topological polar surface area (TPSA) is 34.1 Å². The van der Waals surface area contributed by atoms with Crippen LogP contribution in [0.1, 0.15) is 26.3 Å². The summed E-state index contributed by atoms with van der Waals surface area (Å²) in [5.74, 6) is -1.92. The summed E-state index contributed by atoms with van der Waals surface area (Å²) in [6, 6.07) is 7.24. The smallest absolute Gasteiger partial charge is 0.219 e. The van der Waals surface area contributed by atoms with Gasteiger partial charge in [0.25, 0.3) is 0 Å². The molecule has 112 valence electrons. The summed E-state index contributed by atoms with van der Waals surface area (Å²) in [5, 5.41) is 3.33. The first kappa shape index (κ1) is 15.4. The van der Waals surface area contributed by atoms with Crippen molar-refractivity contribution in [1.82, 2.24) is 10.3 Å². The van der Waals surface area contributed by atoms with Crippen LogP contribution in [0.15, 0.2) is 36.5 Å². The van der Waals surface area contributed by atoms with Crippen molar-refractivity contribution in [2.75, 3.05) is 0 Å². The van der Waals surface area contributed by atoms with Crippen LogP contribution in [-0.4, -0.2) is 10.5 Å². The van der Waals surface area contributed by atoms with Crippen LogP contribution in [0.25, 0.3) is 0 Å². The number of nitrogens with one attached hydrogen (secondary N) is 1. The molecule has 0 radical (unpaired) electrons. The summed E-state index contributed by atoms with van der Waals surface area (Å²) in [6.45, 7) is 6.89. The van der Waals surface area contributed by atoms with Gasteiger partial charge in [-0.3, -0.25) is 0 Å². The van der Waals surface area contributed by atoms with E-state index in [0.29, 0.717) is 6.54 Å². The Labute approximate surface area is 123 Å². The van der Waals surface area contributed by atoms with Gasteiger partial charge in [-0.15, -0.1) is 0 Å². The molecule has 0 saturated carbocycles. The minimum Gasteiger partial charge on any atom is -0.436 e. The van der Waals surface area contributed by atoms with Crippen molar-refractivity contribution >= 4 is 0 Å². The Kier molecular flexibility index (Phi) is 4.53. The molecule has 2 aromatic rings. The van der Waals surface area contributed by atoms with Gasteiger partial charge >= 0.3 is 0 Å². The Bertz CT molecular complexity index is 607. The fraction of sp³-hybridized carbons (Fsp3) is 0.312. The zero-order valence-corrected chi connectivity index (χ0v) is 12.3. The van der Waals surface area contributed by atoms with Crippen LogP contribution >= 0.6 is 0 Å². The molecule has 21 heavy (non-hydrogen) atoms. The van der Waals surface area contributed by atoms with Crippen LogP contribution in [0.3, 0.4) is 0 Å². The summed E-state index contributed by atoms with van der Waals surface area (Å²) in [7, 11) is 0. The van der Waals surface area contributed by atoms with Crippen molar-refractivity contribution in [3.8, 4) is 11.6 Å². The normalized spacial score (nSPS) is 11.5. The number of hydrogen-bond donors (Lipinski definition) is 1. The number of halogens is 2. The molecule has 0 aliphatic heterocycles. The second-order valence-electron chi connectivity index (χ2n) is 5.76. The summed E-state index contributed by atoms with van der Waals surface area (Å²) >= 11 is 0. The van der Waals surface area contributed by atoms with Crippen LogP contribution in [0, 0.1) is 11.6 Å². The highest BCUT2D eigenvalue weighted by Crippen LogP contribution is 2.24. The number of aromatic nitrogens is 1. The van der Waals surface area contributed by atoms with Gasteiger partial charge < -0.3 is 10.1 Å². The van der Waals surface area contributed by atoms with E-state index in [-0.39, 0.29) is 17.2 Å². The maximum Gasteiger partial charge on any atom is 0.219 e. The Morgan fingerprint density at radius 3 is 2.52 bits per heavy atom. The standard InChI is InChI=1S/C16H18F2N2O/c1-16(2,3)20-10-11-7-8-14(19-9-11)21-13-6-4-5-12(17)15(13)18/h4-9,20H,10H2,1-3H3. The summed E-state index contributed by atoms with van der Waals surface area (Å²) in [5.41, 5.74) is 0.997.